The van der Waals surface area contributed by atoms with Gasteiger partial charge in [0, 0.05) is 10.9 Å². The van der Waals surface area contributed by atoms with Gasteiger partial charge < -0.3 is 15.0 Å². The fourth-order valence-electron chi connectivity index (χ4n) is 2.46. The van der Waals surface area contributed by atoms with E-state index in [1.807, 2.05) is 32.1 Å². The van der Waals surface area contributed by atoms with Gasteiger partial charge in [-0.3, -0.25) is 4.79 Å². The molecule has 2 N–H and O–H groups in total. The molecule has 0 bridgehead atoms. The summed E-state index contributed by atoms with van der Waals surface area (Å²) >= 11 is 0. The second-order valence-electron chi connectivity index (χ2n) is 5.42. The zero-order chi connectivity index (χ0) is 15.7. The first kappa shape index (κ1) is 14.4. The Morgan fingerprint density at radius 3 is 3.00 bits per heavy atom. The van der Waals surface area contributed by atoms with Crippen LogP contribution in [0.15, 0.2) is 48.3 Å². The van der Waals surface area contributed by atoms with Crippen LogP contribution in [-0.2, 0) is 4.74 Å². The molecule has 0 saturated carbocycles. The van der Waals surface area contributed by atoms with Gasteiger partial charge in [0.1, 0.15) is 17.6 Å². The van der Waals surface area contributed by atoms with Gasteiger partial charge in [0.25, 0.3) is 5.91 Å². The maximum Gasteiger partial charge on any atom is 0.268 e. The van der Waals surface area contributed by atoms with Crippen LogP contribution in [0, 0.1) is 5.82 Å². The number of H-pyrrole nitrogens is 1. The molecular formula is C17H17FN2O2. The minimum Gasteiger partial charge on any atom is -0.489 e. The van der Waals surface area contributed by atoms with Crippen LogP contribution >= 0.6 is 0 Å². The Hall–Kier alpha value is -2.56. The fraction of sp³-hybridized carbons (Fsp3) is 0.235. The Morgan fingerprint density at radius 1 is 1.41 bits per heavy atom. The highest BCUT2D eigenvalue weighted by atomic mass is 19.1. The molecule has 1 amide bonds. The SMILES string of the molecule is CC1=CC=CC(C(C)NC(=O)c2cc3cc(F)ccc3[nH]2)O1. The molecule has 0 aliphatic carbocycles. The molecule has 2 heterocycles. The second kappa shape index (κ2) is 5.67. The first-order chi connectivity index (χ1) is 10.5. The highest BCUT2D eigenvalue weighted by molar-refractivity contribution is 5.98. The minimum atomic E-state index is -0.324. The van der Waals surface area contributed by atoms with E-state index in [2.05, 4.69) is 10.3 Å². The molecule has 22 heavy (non-hydrogen) atoms. The zero-order valence-electron chi connectivity index (χ0n) is 12.4. The molecule has 114 valence electrons. The number of aromatic amines is 1. The third-order valence-electron chi connectivity index (χ3n) is 3.63. The third-order valence-corrected chi connectivity index (χ3v) is 3.63. The molecule has 2 atom stereocenters. The molecule has 0 saturated heterocycles. The van der Waals surface area contributed by atoms with Crippen molar-refractivity contribution in [2.75, 3.05) is 0 Å². The smallest absolute Gasteiger partial charge is 0.268 e. The van der Waals surface area contributed by atoms with Crippen LogP contribution < -0.4 is 5.32 Å². The largest absolute Gasteiger partial charge is 0.489 e. The van der Waals surface area contributed by atoms with Gasteiger partial charge in [0.2, 0.25) is 0 Å². The number of benzene rings is 1. The molecule has 2 unspecified atom stereocenters. The normalized spacial score (nSPS) is 18.7. The van der Waals surface area contributed by atoms with Crippen LogP contribution in [0.25, 0.3) is 10.9 Å². The van der Waals surface area contributed by atoms with Crippen molar-refractivity contribution < 1.29 is 13.9 Å². The lowest BCUT2D eigenvalue weighted by atomic mass is 10.1. The lowest BCUT2D eigenvalue weighted by Gasteiger charge is -2.25. The third kappa shape index (κ3) is 2.88. The molecule has 1 aliphatic rings. The number of nitrogens with one attached hydrogen (secondary N) is 2. The van der Waals surface area contributed by atoms with Gasteiger partial charge in [-0.05, 0) is 50.3 Å². The number of carbonyl (C=O) groups excluding carboxylic acids is 1. The van der Waals surface area contributed by atoms with Gasteiger partial charge in [-0.1, -0.05) is 6.08 Å². The van der Waals surface area contributed by atoms with E-state index in [-0.39, 0.29) is 23.9 Å². The number of ether oxygens (including phenoxy) is 1. The summed E-state index contributed by atoms with van der Waals surface area (Å²) in [4.78, 5) is 15.3. The van der Waals surface area contributed by atoms with Crippen molar-refractivity contribution in [3.63, 3.8) is 0 Å². The van der Waals surface area contributed by atoms with E-state index in [0.29, 0.717) is 11.1 Å². The summed E-state index contributed by atoms with van der Waals surface area (Å²) in [5, 5.41) is 3.57. The Balaban J connectivity index is 1.73. The van der Waals surface area contributed by atoms with E-state index in [1.165, 1.54) is 12.1 Å². The summed E-state index contributed by atoms with van der Waals surface area (Å²) in [6, 6.07) is 5.83. The number of amides is 1. The molecule has 5 heteroatoms. The van der Waals surface area contributed by atoms with E-state index in [0.717, 1.165) is 11.3 Å². The number of fused-ring (bicyclic) bond motifs is 1. The Labute approximate surface area is 127 Å². The molecule has 0 spiro atoms. The minimum absolute atomic E-state index is 0.185. The molecule has 1 aromatic carbocycles. The van der Waals surface area contributed by atoms with Crippen molar-refractivity contribution in [1.82, 2.24) is 10.3 Å². The number of rotatable bonds is 3. The lowest BCUT2D eigenvalue weighted by Crippen LogP contribution is -2.41. The summed E-state index contributed by atoms with van der Waals surface area (Å²) < 4.78 is 18.9. The molecule has 0 fully saturated rings. The van der Waals surface area contributed by atoms with Crippen molar-refractivity contribution in [3.05, 3.63) is 59.8 Å². The summed E-state index contributed by atoms with van der Waals surface area (Å²) in [5.41, 5.74) is 1.13. The van der Waals surface area contributed by atoms with E-state index >= 15 is 0 Å². The quantitative estimate of drug-likeness (QED) is 0.914. The molecule has 0 radical (unpaired) electrons. The predicted octanol–water partition coefficient (Wildman–Crippen LogP) is 3.28. The second-order valence-corrected chi connectivity index (χ2v) is 5.42. The predicted molar refractivity (Wildman–Crippen MR) is 83.0 cm³/mol. The molecule has 4 nitrogen and oxygen atoms in total. The van der Waals surface area contributed by atoms with E-state index < -0.39 is 0 Å². The number of halogens is 1. The maximum atomic E-state index is 13.2. The highest BCUT2D eigenvalue weighted by Gasteiger charge is 2.21. The van der Waals surface area contributed by atoms with E-state index in [9.17, 15) is 9.18 Å². The van der Waals surface area contributed by atoms with Crippen molar-refractivity contribution in [1.29, 1.82) is 0 Å². The standard InChI is InChI=1S/C17H17FN2O2/c1-10-4-3-5-16(22-10)11(2)19-17(21)15-9-12-8-13(18)6-7-14(12)20-15/h3-9,11,16,20H,1-2H3,(H,19,21). The van der Waals surface area contributed by atoms with Crippen LogP contribution in [0.5, 0.6) is 0 Å². The van der Waals surface area contributed by atoms with E-state index in [4.69, 9.17) is 4.74 Å². The van der Waals surface area contributed by atoms with Crippen LogP contribution in [0.3, 0.4) is 0 Å². The Bertz CT molecular complexity index is 776. The molecule has 2 aromatic rings. The maximum absolute atomic E-state index is 13.2. The van der Waals surface area contributed by atoms with Crippen molar-refractivity contribution >= 4 is 16.8 Å². The first-order valence-corrected chi connectivity index (χ1v) is 7.14. The highest BCUT2D eigenvalue weighted by Crippen LogP contribution is 2.17. The van der Waals surface area contributed by atoms with Crippen molar-refractivity contribution in [3.8, 4) is 0 Å². The van der Waals surface area contributed by atoms with Crippen LogP contribution in [0.1, 0.15) is 24.3 Å². The van der Waals surface area contributed by atoms with Crippen molar-refractivity contribution in [2.24, 2.45) is 0 Å². The number of hydrogen-bond donors (Lipinski definition) is 2. The van der Waals surface area contributed by atoms with Crippen LogP contribution in [0.4, 0.5) is 4.39 Å². The summed E-state index contributed by atoms with van der Waals surface area (Å²) in [7, 11) is 0. The first-order valence-electron chi connectivity index (χ1n) is 7.14. The summed E-state index contributed by atoms with van der Waals surface area (Å²) in [6.07, 6.45) is 5.49. The number of allylic oxidation sites excluding steroid dienone is 3. The van der Waals surface area contributed by atoms with Gasteiger partial charge in [0.05, 0.1) is 11.8 Å². The van der Waals surface area contributed by atoms with Crippen LogP contribution in [-0.4, -0.2) is 23.0 Å². The number of carbonyl (C=O) groups is 1. The fourth-order valence-corrected chi connectivity index (χ4v) is 2.46. The van der Waals surface area contributed by atoms with E-state index in [1.54, 1.807) is 12.1 Å². The molecule has 3 rings (SSSR count). The van der Waals surface area contributed by atoms with Gasteiger partial charge in [-0.15, -0.1) is 0 Å². The topological polar surface area (TPSA) is 54.1 Å². The number of hydrogen-bond acceptors (Lipinski definition) is 2. The van der Waals surface area contributed by atoms with Crippen molar-refractivity contribution in [2.45, 2.75) is 26.0 Å². The van der Waals surface area contributed by atoms with Gasteiger partial charge in [-0.2, -0.15) is 0 Å². The van der Waals surface area contributed by atoms with Gasteiger partial charge >= 0.3 is 0 Å². The molecule has 1 aromatic heterocycles. The van der Waals surface area contributed by atoms with Gasteiger partial charge in [-0.25, -0.2) is 4.39 Å². The number of aromatic nitrogens is 1. The molecule has 1 aliphatic heterocycles. The molecular weight excluding hydrogens is 283 g/mol. The summed E-state index contributed by atoms with van der Waals surface area (Å²) in [6.45, 7) is 3.76. The lowest BCUT2D eigenvalue weighted by molar-refractivity contribution is 0.0839. The average molecular weight is 300 g/mol. The van der Waals surface area contributed by atoms with Gasteiger partial charge in [0.15, 0.2) is 0 Å². The Morgan fingerprint density at radius 2 is 2.23 bits per heavy atom. The monoisotopic (exact) mass is 300 g/mol. The Kier molecular flexibility index (Phi) is 3.71. The average Bonchev–Trinajstić information content (AvgIpc) is 2.90. The van der Waals surface area contributed by atoms with Crippen LogP contribution in [0.2, 0.25) is 0 Å². The zero-order valence-corrected chi connectivity index (χ0v) is 12.4. The summed E-state index contributed by atoms with van der Waals surface area (Å²) in [5.74, 6) is 0.248.